The molecule has 0 heterocycles. The third-order valence-electron chi connectivity index (χ3n) is 11.3. The molecule has 7 aromatic carbocycles. The molecule has 0 fully saturated rings. The summed E-state index contributed by atoms with van der Waals surface area (Å²) in [6, 6.07) is 45.7. The van der Waals surface area contributed by atoms with Crippen molar-refractivity contribution in [2.75, 3.05) is 0 Å². The average Bonchev–Trinajstić information content (AvgIpc) is 3.44. The molecule has 46 heavy (non-hydrogen) atoms. The zero-order valence-corrected chi connectivity index (χ0v) is 27.5. The second kappa shape index (κ2) is 9.30. The van der Waals surface area contributed by atoms with Crippen LogP contribution in [0.1, 0.15) is 61.1 Å². The molecule has 0 heteroatoms. The largest absolute Gasteiger partial charge is 0.0620 e. The van der Waals surface area contributed by atoms with E-state index in [0.29, 0.717) is 0 Å². The van der Waals surface area contributed by atoms with Crippen LogP contribution in [0.4, 0.5) is 0 Å². The molecule has 0 unspecified atom stereocenters. The Morgan fingerprint density at radius 3 is 1.09 bits per heavy atom. The molecule has 0 atom stereocenters. The van der Waals surface area contributed by atoms with E-state index in [1.165, 1.54) is 99.4 Å². The minimum atomic E-state index is -0.161. The van der Waals surface area contributed by atoms with Crippen LogP contribution < -0.4 is 0 Å². The highest BCUT2D eigenvalue weighted by Crippen LogP contribution is 2.62. The Morgan fingerprint density at radius 1 is 0.348 bits per heavy atom. The molecule has 0 aromatic heterocycles. The van der Waals surface area contributed by atoms with E-state index in [0.717, 1.165) is 0 Å². The van der Waals surface area contributed by atoms with Crippen molar-refractivity contribution in [3.63, 3.8) is 0 Å². The minimum Gasteiger partial charge on any atom is -0.0620 e. The summed E-state index contributed by atoms with van der Waals surface area (Å²) in [6.45, 7) is 14.3. The molecule has 0 amide bonds. The predicted octanol–water partition coefficient (Wildman–Crippen LogP) is 12.6. The van der Waals surface area contributed by atoms with Gasteiger partial charge >= 0.3 is 0 Å². The van der Waals surface area contributed by atoms with Gasteiger partial charge in [-0.2, -0.15) is 0 Å². The van der Waals surface area contributed by atoms with E-state index in [9.17, 15) is 0 Å². The lowest BCUT2D eigenvalue weighted by molar-refractivity contribution is 0.601. The van der Waals surface area contributed by atoms with E-state index < -0.39 is 0 Å². The van der Waals surface area contributed by atoms with Crippen molar-refractivity contribution in [1.29, 1.82) is 0 Å². The summed E-state index contributed by atoms with van der Waals surface area (Å²) in [6.07, 6.45) is 0. The van der Waals surface area contributed by atoms with Crippen molar-refractivity contribution >= 4 is 21.5 Å². The van der Waals surface area contributed by atoms with Crippen molar-refractivity contribution in [2.24, 2.45) is 0 Å². The zero-order chi connectivity index (χ0) is 31.5. The molecule has 0 spiro atoms. The molecule has 2 aliphatic rings. The van der Waals surface area contributed by atoms with Gasteiger partial charge in [0.2, 0.25) is 0 Å². The highest BCUT2D eigenvalue weighted by atomic mass is 14.5. The highest BCUT2D eigenvalue weighted by Gasteiger charge is 2.47. The Bertz CT molecular complexity index is 2260. The molecular weight excluding hydrogens is 553 g/mol. The van der Waals surface area contributed by atoms with Gasteiger partial charge < -0.3 is 0 Å². The maximum Gasteiger partial charge on any atom is 0.0162 e. The summed E-state index contributed by atoms with van der Waals surface area (Å²) in [7, 11) is 0. The van der Waals surface area contributed by atoms with E-state index in [4.69, 9.17) is 0 Å². The fourth-order valence-electron chi connectivity index (χ4n) is 9.10. The Labute approximate surface area is 272 Å². The molecule has 0 aliphatic heterocycles. The molecule has 0 radical (unpaired) electrons. The summed E-state index contributed by atoms with van der Waals surface area (Å²) < 4.78 is 0. The summed E-state index contributed by atoms with van der Waals surface area (Å²) in [5.41, 5.74) is 19.1. The quantitative estimate of drug-likeness (QED) is 0.188. The van der Waals surface area contributed by atoms with Crippen molar-refractivity contribution in [3.05, 3.63) is 155 Å². The molecule has 9 rings (SSSR count). The molecule has 0 N–H and O–H groups in total. The van der Waals surface area contributed by atoms with E-state index in [-0.39, 0.29) is 10.8 Å². The Hall–Kier alpha value is -4.94. The highest BCUT2D eigenvalue weighted by molar-refractivity contribution is 6.13. The van der Waals surface area contributed by atoms with Gasteiger partial charge in [-0.25, -0.2) is 0 Å². The second-order valence-electron chi connectivity index (χ2n) is 14.6. The van der Waals surface area contributed by atoms with Crippen LogP contribution in [0.25, 0.3) is 66.1 Å². The molecule has 2 aliphatic carbocycles. The number of benzene rings is 7. The van der Waals surface area contributed by atoms with Gasteiger partial charge in [-0.3, -0.25) is 0 Å². The minimum absolute atomic E-state index is 0.161. The second-order valence-corrected chi connectivity index (χ2v) is 14.6. The molecule has 7 aromatic rings. The number of fused-ring (bicyclic) bond motifs is 11. The Morgan fingerprint density at radius 2 is 0.696 bits per heavy atom. The van der Waals surface area contributed by atoms with E-state index in [1.54, 1.807) is 0 Å². The van der Waals surface area contributed by atoms with Gasteiger partial charge in [0.1, 0.15) is 0 Å². The van der Waals surface area contributed by atoms with Crippen LogP contribution in [0, 0.1) is 13.8 Å². The molecule has 222 valence electrons. The Kier molecular flexibility index (Phi) is 5.54. The van der Waals surface area contributed by atoms with E-state index in [1.807, 2.05) is 0 Å². The fourth-order valence-corrected chi connectivity index (χ4v) is 9.10. The predicted molar refractivity (Wildman–Crippen MR) is 197 cm³/mol. The van der Waals surface area contributed by atoms with Crippen LogP contribution in [-0.2, 0) is 10.8 Å². The maximum absolute atomic E-state index is 2.52. The van der Waals surface area contributed by atoms with Gasteiger partial charge in [-0.1, -0.05) is 137 Å². The summed E-state index contributed by atoms with van der Waals surface area (Å²) in [5.74, 6) is 0. The summed E-state index contributed by atoms with van der Waals surface area (Å²) in [5, 5.41) is 5.36. The lowest BCUT2D eigenvalue weighted by Crippen LogP contribution is -2.24. The van der Waals surface area contributed by atoms with Crippen molar-refractivity contribution in [1.82, 2.24) is 0 Å². The van der Waals surface area contributed by atoms with Gasteiger partial charge in [0.05, 0.1) is 0 Å². The normalized spacial score (nSPS) is 15.1. The van der Waals surface area contributed by atoms with Crippen LogP contribution in [-0.4, -0.2) is 0 Å². The van der Waals surface area contributed by atoms with Gasteiger partial charge in [0, 0.05) is 10.8 Å². The third kappa shape index (κ3) is 3.45. The first-order chi connectivity index (χ1) is 22.2. The number of aryl methyl sites for hydroxylation is 2. The van der Waals surface area contributed by atoms with Gasteiger partial charge in [-0.05, 0) is 125 Å². The van der Waals surface area contributed by atoms with Crippen molar-refractivity contribution < 1.29 is 0 Å². The van der Waals surface area contributed by atoms with Crippen molar-refractivity contribution in [2.45, 2.75) is 52.4 Å². The molecule has 0 bridgehead atoms. The van der Waals surface area contributed by atoms with Gasteiger partial charge in [0.15, 0.2) is 0 Å². The molecule has 0 nitrogen and oxygen atoms in total. The first-order valence-electron chi connectivity index (χ1n) is 16.6. The summed E-state index contributed by atoms with van der Waals surface area (Å²) >= 11 is 0. The van der Waals surface area contributed by atoms with Crippen molar-refractivity contribution in [3.8, 4) is 44.5 Å². The molecule has 0 saturated carbocycles. The van der Waals surface area contributed by atoms with Crippen LogP contribution in [0.5, 0.6) is 0 Å². The zero-order valence-electron chi connectivity index (χ0n) is 27.5. The SMILES string of the molecule is Cc1ccccc1-c1cc2c(c3ccccc13)-c1ccc3c(c1C2(C)C)C(C)(C)c1cc(-c2ccccc2C)c2ccccc2c1-3. The lowest BCUT2D eigenvalue weighted by atomic mass is 9.72. The number of hydrogen-bond acceptors (Lipinski definition) is 0. The summed E-state index contributed by atoms with van der Waals surface area (Å²) in [4.78, 5) is 0. The standard InChI is InChI=1S/C46H38/c1-27-15-7-9-17-29(27)37-25-39-41(33-21-13-11-19-31(33)37)35-23-24-36-42-34-22-14-12-20-32(34)38(30-18-10-8-16-28(30)2)26-40(42)46(5,6)44(36)43(35)45(39,3)4/h7-26H,1-6H3. The van der Waals surface area contributed by atoms with Crippen LogP contribution in [0.15, 0.2) is 121 Å². The Balaban J connectivity index is 1.36. The van der Waals surface area contributed by atoms with Gasteiger partial charge in [-0.15, -0.1) is 0 Å². The average molecular weight is 591 g/mol. The van der Waals surface area contributed by atoms with Crippen LogP contribution in [0.3, 0.4) is 0 Å². The number of hydrogen-bond donors (Lipinski definition) is 0. The first-order valence-corrected chi connectivity index (χ1v) is 16.6. The first kappa shape index (κ1) is 27.4. The van der Waals surface area contributed by atoms with E-state index in [2.05, 4.69) is 163 Å². The number of rotatable bonds is 2. The van der Waals surface area contributed by atoms with Crippen LogP contribution in [0.2, 0.25) is 0 Å². The van der Waals surface area contributed by atoms with Gasteiger partial charge in [0.25, 0.3) is 0 Å². The lowest BCUT2D eigenvalue weighted by Gasteiger charge is -2.31. The molecule has 0 saturated heterocycles. The van der Waals surface area contributed by atoms with E-state index >= 15 is 0 Å². The maximum atomic E-state index is 2.52. The molecular formula is C46H38. The third-order valence-corrected chi connectivity index (χ3v) is 11.3. The fraction of sp³-hybridized carbons (Fsp3) is 0.174. The smallest absolute Gasteiger partial charge is 0.0162 e. The topological polar surface area (TPSA) is 0 Å². The monoisotopic (exact) mass is 590 g/mol. The van der Waals surface area contributed by atoms with Crippen LogP contribution >= 0.6 is 0 Å².